The molecular formula is C19H17F3N4O3S. The van der Waals surface area contributed by atoms with Crippen molar-refractivity contribution >= 4 is 22.4 Å². The Morgan fingerprint density at radius 2 is 1.93 bits per heavy atom. The van der Waals surface area contributed by atoms with Gasteiger partial charge in [0.2, 0.25) is 0 Å². The maximum Gasteiger partial charge on any atom is 0.573 e. The van der Waals surface area contributed by atoms with Gasteiger partial charge in [-0.15, -0.1) is 24.5 Å². The lowest BCUT2D eigenvalue weighted by Crippen LogP contribution is -2.26. The Morgan fingerprint density at radius 3 is 2.60 bits per heavy atom. The summed E-state index contributed by atoms with van der Waals surface area (Å²) >= 11 is 1.23. The monoisotopic (exact) mass is 438 g/mol. The van der Waals surface area contributed by atoms with Crippen LogP contribution in [0.25, 0.3) is 0 Å². The van der Waals surface area contributed by atoms with E-state index in [4.69, 9.17) is 0 Å². The van der Waals surface area contributed by atoms with E-state index in [-0.39, 0.29) is 17.0 Å². The van der Waals surface area contributed by atoms with Crippen molar-refractivity contribution < 1.29 is 22.7 Å². The molecule has 0 unspecified atom stereocenters. The molecule has 0 atom stereocenters. The van der Waals surface area contributed by atoms with Crippen molar-refractivity contribution in [2.45, 2.75) is 32.7 Å². The van der Waals surface area contributed by atoms with Gasteiger partial charge in [0.15, 0.2) is 5.13 Å². The Morgan fingerprint density at radius 1 is 1.20 bits per heavy atom. The van der Waals surface area contributed by atoms with Crippen LogP contribution in [0.15, 0.2) is 47.4 Å². The van der Waals surface area contributed by atoms with Gasteiger partial charge in [0.1, 0.15) is 11.4 Å². The molecule has 0 aliphatic heterocycles. The zero-order valence-corrected chi connectivity index (χ0v) is 16.6. The van der Waals surface area contributed by atoms with Gasteiger partial charge < -0.3 is 4.74 Å². The van der Waals surface area contributed by atoms with Crippen molar-refractivity contribution in [2.75, 3.05) is 5.32 Å². The number of thiazole rings is 1. The van der Waals surface area contributed by atoms with Crippen molar-refractivity contribution in [1.82, 2.24) is 14.8 Å². The molecule has 2 aromatic heterocycles. The number of carbonyl (C=O) groups is 1. The second kappa shape index (κ2) is 9.08. The molecule has 1 aromatic carbocycles. The molecule has 30 heavy (non-hydrogen) atoms. The van der Waals surface area contributed by atoms with Gasteiger partial charge in [0.05, 0.1) is 0 Å². The lowest BCUT2D eigenvalue weighted by molar-refractivity contribution is -0.274. The molecule has 1 N–H and O–H groups in total. The number of ether oxygens (including phenoxy) is 1. The predicted octanol–water partition coefficient (Wildman–Crippen LogP) is 3.85. The van der Waals surface area contributed by atoms with Crippen LogP contribution in [0.5, 0.6) is 5.75 Å². The second-order valence-corrected chi connectivity index (χ2v) is 7.35. The second-order valence-electron chi connectivity index (χ2n) is 6.23. The van der Waals surface area contributed by atoms with Crippen molar-refractivity contribution in [1.29, 1.82) is 0 Å². The molecule has 0 aliphatic rings. The molecular weight excluding hydrogens is 421 g/mol. The number of nitrogens with zero attached hydrogens (tertiary/aromatic N) is 3. The van der Waals surface area contributed by atoms with E-state index >= 15 is 0 Å². The molecule has 0 bridgehead atoms. The Balaban J connectivity index is 1.63. The summed E-state index contributed by atoms with van der Waals surface area (Å²) in [4.78, 5) is 29.0. The van der Waals surface area contributed by atoms with E-state index in [9.17, 15) is 22.8 Å². The van der Waals surface area contributed by atoms with E-state index in [2.05, 4.69) is 20.1 Å². The summed E-state index contributed by atoms with van der Waals surface area (Å²) < 4.78 is 41.7. The first-order valence-electron chi connectivity index (χ1n) is 8.92. The third-order valence-electron chi connectivity index (χ3n) is 3.84. The summed E-state index contributed by atoms with van der Waals surface area (Å²) in [7, 11) is 0. The minimum atomic E-state index is -4.73. The minimum Gasteiger partial charge on any atom is -0.406 e. The molecule has 158 valence electrons. The van der Waals surface area contributed by atoms with Crippen LogP contribution in [0.4, 0.5) is 18.3 Å². The number of hydrogen-bond acceptors (Lipinski definition) is 6. The first-order chi connectivity index (χ1) is 14.2. The molecule has 0 spiro atoms. The van der Waals surface area contributed by atoms with Crippen LogP contribution in [0, 0.1) is 0 Å². The highest BCUT2D eigenvalue weighted by molar-refractivity contribution is 7.15. The lowest BCUT2D eigenvalue weighted by atomic mass is 10.1. The molecule has 7 nitrogen and oxygen atoms in total. The van der Waals surface area contributed by atoms with Crippen LogP contribution < -0.4 is 15.6 Å². The summed E-state index contributed by atoms with van der Waals surface area (Å²) in [6.45, 7) is 2.31. The van der Waals surface area contributed by atoms with Crippen molar-refractivity contribution in [3.05, 3.63) is 69.1 Å². The first-order valence-corrected chi connectivity index (χ1v) is 9.74. The summed E-state index contributed by atoms with van der Waals surface area (Å²) in [6, 6.07) is 8.17. The zero-order chi connectivity index (χ0) is 21.7. The fourth-order valence-corrected chi connectivity index (χ4v) is 3.40. The van der Waals surface area contributed by atoms with Gasteiger partial charge in [-0.2, -0.15) is 5.10 Å². The number of rotatable bonds is 7. The van der Waals surface area contributed by atoms with E-state index in [0.717, 1.165) is 10.4 Å². The minimum absolute atomic E-state index is 0.0973. The molecule has 0 saturated carbocycles. The lowest BCUT2D eigenvalue weighted by Gasteiger charge is -2.08. The number of nitrogens with one attached hydrogen (secondary N) is 1. The Labute approximate surface area is 173 Å². The Hall–Kier alpha value is -3.21. The van der Waals surface area contributed by atoms with Gasteiger partial charge in [-0.05, 0) is 30.2 Å². The molecule has 0 aliphatic carbocycles. The number of aromatic nitrogens is 3. The quantitative estimate of drug-likeness (QED) is 0.606. The van der Waals surface area contributed by atoms with Crippen molar-refractivity contribution in [3.63, 3.8) is 0 Å². The van der Waals surface area contributed by atoms with E-state index in [1.165, 1.54) is 52.4 Å². The summed E-state index contributed by atoms with van der Waals surface area (Å²) in [5.74, 6) is -0.783. The van der Waals surface area contributed by atoms with Crippen LogP contribution in [0.2, 0.25) is 0 Å². The van der Waals surface area contributed by atoms with E-state index in [0.29, 0.717) is 24.5 Å². The first kappa shape index (κ1) is 21.5. The number of carbonyl (C=O) groups excluding carboxylic acids is 1. The van der Waals surface area contributed by atoms with Crippen LogP contribution >= 0.6 is 11.3 Å². The largest absolute Gasteiger partial charge is 0.573 e. The number of aryl methyl sites for hydroxylation is 1. The number of alkyl halides is 3. The highest BCUT2D eigenvalue weighted by Crippen LogP contribution is 2.25. The van der Waals surface area contributed by atoms with Gasteiger partial charge in [-0.25, -0.2) is 9.67 Å². The molecule has 11 heteroatoms. The maximum atomic E-state index is 12.4. The topological polar surface area (TPSA) is 86.1 Å². The highest BCUT2D eigenvalue weighted by atomic mass is 32.1. The summed E-state index contributed by atoms with van der Waals surface area (Å²) in [5.41, 5.74) is 0.580. The van der Waals surface area contributed by atoms with Crippen LogP contribution in [0.3, 0.4) is 0 Å². The number of hydrogen-bond donors (Lipinski definition) is 1. The standard InChI is InChI=1S/C19H17F3N4O3S/c1-2-9-26-16(27)8-7-15(25-26)17(28)24-18-23-11-14(30-18)10-12-3-5-13(6-4-12)29-19(20,21)22/h3-8,11H,2,9-10H2,1H3,(H,23,24,28). The Bertz CT molecular complexity index is 1080. The molecule has 0 fully saturated rings. The molecule has 0 saturated heterocycles. The van der Waals surface area contributed by atoms with Gasteiger partial charge in [-0.1, -0.05) is 19.1 Å². The summed E-state index contributed by atoms with van der Waals surface area (Å²) in [6.07, 6.45) is -2.02. The molecule has 1 amide bonds. The van der Waals surface area contributed by atoms with Gasteiger partial charge in [-0.3, -0.25) is 14.9 Å². The van der Waals surface area contributed by atoms with Crippen LogP contribution in [0.1, 0.15) is 34.3 Å². The predicted molar refractivity (Wildman–Crippen MR) is 105 cm³/mol. The van der Waals surface area contributed by atoms with Crippen molar-refractivity contribution in [3.8, 4) is 5.75 Å². The van der Waals surface area contributed by atoms with Gasteiger partial charge >= 0.3 is 6.36 Å². The van der Waals surface area contributed by atoms with Gasteiger partial charge in [0.25, 0.3) is 11.5 Å². The molecule has 3 rings (SSSR count). The van der Waals surface area contributed by atoms with Gasteiger partial charge in [0, 0.05) is 30.1 Å². The average Bonchev–Trinajstić information content (AvgIpc) is 3.11. The highest BCUT2D eigenvalue weighted by Gasteiger charge is 2.30. The van der Waals surface area contributed by atoms with Crippen molar-refractivity contribution in [2.24, 2.45) is 0 Å². The zero-order valence-electron chi connectivity index (χ0n) is 15.8. The smallest absolute Gasteiger partial charge is 0.406 e. The summed E-state index contributed by atoms with van der Waals surface area (Å²) in [5, 5.41) is 7.03. The fraction of sp³-hybridized carbons (Fsp3) is 0.263. The van der Waals surface area contributed by atoms with Crippen LogP contribution in [-0.4, -0.2) is 27.0 Å². The van der Waals surface area contributed by atoms with E-state index in [1.807, 2.05) is 6.92 Å². The number of amides is 1. The van der Waals surface area contributed by atoms with Crippen LogP contribution in [-0.2, 0) is 13.0 Å². The van der Waals surface area contributed by atoms with E-state index < -0.39 is 12.3 Å². The SMILES string of the molecule is CCCn1nc(C(=O)Nc2ncc(Cc3ccc(OC(F)(F)F)cc3)s2)ccc1=O. The molecule has 0 radical (unpaired) electrons. The normalized spacial score (nSPS) is 11.3. The van der Waals surface area contributed by atoms with E-state index in [1.54, 1.807) is 6.20 Å². The third-order valence-corrected chi connectivity index (χ3v) is 4.76. The molecule has 2 heterocycles. The molecule has 3 aromatic rings. The average molecular weight is 438 g/mol. The number of benzene rings is 1. The fourth-order valence-electron chi connectivity index (χ4n) is 2.56. The third kappa shape index (κ3) is 5.89. The maximum absolute atomic E-state index is 12.4. The Kier molecular flexibility index (Phi) is 6.50. The number of halogens is 3. The number of anilines is 1.